The summed E-state index contributed by atoms with van der Waals surface area (Å²) in [6.45, 7) is 3.68. The van der Waals surface area contributed by atoms with Gasteiger partial charge in [-0.25, -0.2) is 8.42 Å². The monoisotopic (exact) mass is 420 g/mol. The minimum Gasteiger partial charge on any atom is -0.451 e. The molecule has 0 atom stereocenters. The second-order valence-corrected chi connectivity index (χ2v) is 8.73. The number of hydrogen-bond acceptors (Lipinski definition) is 4. The van der Waals surface area contributed by atoms with E-state index in [0.29, 0.717) is 22.5 Å². The average Bonchev–Trinajstić information content (AvgIpc) is 3.14. The Balaban J connectivity index is 1.51. The fourth-order valence-electron chi connectivity index (χ4n) is 3.08. The van der Waals surface area contributed by atoms with E-state index in [2.05, 4.69) is 10.0 Å². The predicted octanol–water partition coefficient (Wildman–Crippen LogP) is 5.10. The van der Waals surface area contributed by atoms with E-state index in [-0.39, 0.29) is 16.6 Å². The van der Waals surface area contributed by atoms with Crippen molar-refractivity contribution in [1.82, 2.24) is 0 Å². The van der Waals surface area contributed by atoms with Gasteiger partial charge < -0.3 is 9.73 Å². The fraction of sp³-hybridized carbons (Fsp3) is 0.0870. The summed E-state index contributed by atoms with van der Waals surface area (Å²) in [5.41, 5.74) is 3.31. The van der Waals surface area contributed by atoms with Gasteiger partial charge in [-0.05, 0) is 61.9 Å². The summed E-state index contributed by atoms with van der Waals surface area (Å²) in [6, 6.07) is 20.6. The zero-order valence-corrected chi connectivity index (χ0v) is 17.3. The molecule has 4 aromatic rings. The molecule has 0 unspecified atom stereocenters. The Kier molecular flexibility index (Phi) is 5.05. The van der Waals surface area contributed by atoms with Gasteiger partial charge >= 0.3 is 0 Å². The van der Waals surface area contributed by atoms with E-state index in [1.807, 2.05) is 25.1 Å². The van der Waals surface area contributed by atoms with Gasteiger partial charge in [0.1, 0.15) is 5.58 Å². The van der Waals surface area contributed by atoms with Crippen molar-refractivity contribution >= 4 is 38.3 Å². The number of aryl methyl sites for hydroxylation is 2. The van der Waals surface area contributed by atoms with Crippen LogP contribution in [-0.2, 0) is 10.0 Å². The summed E-state index contributed by atoms with van der Waals surface area (Å²) in [7, 11) is -3.69. The van der Waals surface area contributed by atoms with Crippen LogP contribution < -0.4 is 10.0 Å². The topological polar surface area (TPSA) is 88.4 Å². The van der Waals surface area contributed by atoms with Gasteiger partial charge in [0, 0.05) is 16.8 Å². The molecular weight excluding hydrogens is 400 g/mol. The number of nitrogens with one attached hydrogen (secondary N) is 2. The van der Waals surface area contributed by atoms with Crippen LogP contribution in [0.1, 0.15) is 21.7 Å². The number of amides is 1. The van der Waals surface area contributed by atoms with Crippen LogP contribution >= 0.6 is 0 Å². The molecule has 3 aromatic carbocycles. The lowest BCUT2D eigenvalue weighted by atomic mass is 10.2. The van der Waals surface area contributed by atoms with Gasteiger partial charge in [-0.15, -0.1) is 0 Å². The molecule has 152 valence electrons. The second kappa shape index (κ2) is 7.68. The minimum atomic E-state index is -3.69. The first-order chi connectivity index (χ1) is 14.3. The maximum absolute atomic E-state index is 12.6. The number of fused-ring (bicyclic) bond motifs is 1. The third-order valence-corrected chi connectivity index (χ3v) is 6.10. The molecule has 0 radical (unpaired) electrons. The van der Waals surface area contributed by atoms with Crippen molar-refractivity contribution in [3.05, 3.63) is 89.7 Å². The Morgan fingerprint density at radius 1 is 0.900 bits per heavy atom. The van der Waals surface area contributed by atoms with E-state index in [0.717, 1.165) is 10.9 Å². The van der Waals surface area contributed by atoms with Crippen LogP contribution in [0.2, 0.25) is 0 Å². The number of sulfonamides is 1. The Bertz CT molecular complexity index is 1310. The molecular formula is C23H20N2O4S. The molecule has 30 heavy (non-hydrogen) atoms. The van der Waals surface area contributed by atoms with Crippen molar-refractivity contribution in [2.75, 3.05) is 10.0 Å². The number of benzene rings is 3. The molecule has 0 aliphatic carbocycles. The fourth-order valence-corrected chi connectivity index (χ4v) is 4.13. The number of rotatable bonds is 5. The van der Waals surface area contributed by atoms with Crippen LogP contribution in [0.4, 0.5) is 11.4 Å². The highest BCUT2D eigenvalue weighted by Crippen LogP contribution is 2.24. The minimum absolute atomic E-state index is 0.188. The second-order valence-electron chi connectivity index (χ2n) is 7.05. The van der Waals surface area contributed by atoms with Crippen LogP contribution in [0.3, 0.4) is 0 Å². The number of anilines is 2. The van der Waals surface area contributed by atoms with Crippen LogP contribution in [0.25, 0.3) is 11.0 Å². The molecule has 1 amide bonds. The average molecular weight is 420 g/mol. The van der Waals surface area contributed by atoms with Crippen molar-refractivity contribution in [1.29, 1.82) is 0 Å². The van der Waals surface area contributed by atoms with E-state index in [1.54, 1.807) is 61.5 Å². The molecule has 1 aromatic heterocycles. The Morgan fingerprint density at radius 2 is 1.63 bits per heavy atom. The summed E-state index contributed by atoms with van der Waals surface area (Å²) in [5.74, 6) is -0.165. The normalized spacial score (nSPS) is 11.4. The number of carbonyl (C=O) groups is 1. The van der Waals surface area contributed by atoms with Crippen LogP contribution in [0.5, 0.6) is 0 Å². The van der Waals surface area contributed by atoms with E-state index >= 15 is 0 Å². The number of hydrogen-bond donors (Lipinski definition) is 2. The van der Waals surface area contributed by atoms with Crippen molar-refractivity contribution in [3.8, 4) is 0 Å². The van der Waals surface area contributed by atoms with Gasteiger partial charge in [-0.3, -0.25) is 9.52 Å². The molecule has 7 heteroatoms. The smallest absolute Gasteiger partial charge is 0.291 e. The van der Waals surface area contributed by atoms with Crippen molar-refractivity contribution in [2.45, 2.75) is 18.7 Å². The molecule has 6 nitrogen and oxygen atoms in total. The lowest BCUT2D eigenvalue weighted by molar-refractivity contribution is 0.0998. The molecule has 0 saturated carbocycles. The van der Waals surface area contributed by atoms with Crippen LogP contribution in [-0.4, -0.2) is 14.3 Å². The Morgan fingerprint density at radius 3 is 2.33 bits per heavy atom. The molecule has 4 rings (SSSR count). The quantitative estimate of drug-likeness (QED) is 0.470. The molecule has 0 bridgehead atoms. The Labute approximate surface area is 174 Å². The van der Waals surface area contributed by atoms with Gasteiger partial charge in [0.25, 0.3) is 15.9 Å². The zero-order valence-electron chi connectivity index (χ0n) is 16.5. The van der Waals surface area contributed by atoms with Gasteiger partial charge in [-0.1, -0.05) is 35.9 Å². The summed E-state index contributed by atoms with van der Waals surface area (Å²) in [4.78, 5) is 12.7. The molecule has 0 fully saturated rings. The molecule has 0 aliphatic rings. The highest BCUT2D eigenvalue weighted by atomic mass is 32.2. The SMILES string of the molecule is Cc1ccc(S(=O)(=O)Nc2ccc(NC(=O)c3cc4ccccc4o3)c(C)c2)cc1. The zero-order chi connectivity index (χ0) is 21.3. The number of para-hydroxylation sites is 1. The largest absolute Gasteiger partial charge is 0.451 e. The van der Waals surface area contributed by atoms with Gasteiger partial charge in [0.15, 0.2) is 5.76 Å². The summed E-state index contributed by atoms with van der Waals surface area (Å²) < 4.78 is 33.3. The third kappa shape index (κ3) is 4.06. The molecule has 2 N–H and O–H groups in total. The lowest BCUT2D eigenvalue weighted by Crippen LogP contribution is -2.14. The van der Waals surface area contributed by atoms with Crippen molar-refractivity contribution < 1.29 is 17.6 Å². The highest BCUT2D eigenvalue weighted by Gasteiger charge is 2.16. The summed E-state index contributed by atoms with van der Waals surface area (Å²) in [6.07, 6.45) is 0. The molecule has 1 heterocycles. The summed E-state index contributed by atoms with van der Waals surface area (Å²) in [5, 5.41) is 3.65. The van der Waals surface area contributed by atoms with Gasteiger partial charge in [0.05, 0.1) is 4.90 Å². The van der Waals surface area contributed by atoms with Gasteiger partial charge in [0.2, 0.25) is 0 Å². The first kappa shape index (κ1) is 19.7. The van der Waals surface area contributed by atoms with E-state index in [4.69, 9.17) is 4.42 Å². The van der Waals surface area contributed by atoms with Crippen LogP contribution in [0, 0.1) is 13.8 Å². The summed E-state index contributed by atoms with van der Waals surface area (Å²) >= 11 is 0. The Hall–Kier alpha value is -3.58. The number of carbonyl (C=O) groups excluding carboxylic acids is 1. The standard InChI is InChI=1S/C23H20N2O4S/c1-15-7-10-19(11-8-15)30(27,28)25-18-9-12-20(16(2)13-18)24-23(26)22-14-17-5-3-4-6-21(17)29-22/h3-14,25H,1-2H3,(H,24,26). The third-order valence-electron chi connectivity index (χ3n) is 4.71. The molecule has 0 aliphatic heterocycles. The maximum atomic E-state index is 12.6. The predicted molar refractivity (Wildman–Crippen MR) is 117 cm³/mol. The lowest BCUT2D eigenvalue weighted by Gasteiger charge is -2.12. The van der Waals surface area contributed by atoms with Gasteiger partial charge in [-0.2, -0.15) is 0 Å². The van der Waals surface area contributed by atoms with E-state index < -0.39 is 10.0 Å². The highest BCUT2D eigenvalue weighted by molar-refractivity contribution is 7.92. The van der Waals surface area contributed by atoms with E-state index in [9.17, 15) is 13.2 Å². The van der Waals surface area contributed by atoms with Crippen molar-refractivity contribution in [2.24, 2.45) is 0 Å². The molecule has 0 saturated heterocycles. The maximum Gasteiger partial charge on any atom is 0.291 e. The first-order valence-corrected chi connectivity index (χ1v) is 10.8. The van der Waals surface area contributed by atoms with Crippen LogP contribution in [0.15, 0.2) is 82.1 Å². The number of furan rings is 1. The molecule has 0 spiro atoms. The van der Waals surface area contributed by atoms with E-state index in [1.165, 1.54) is 0 Å². The first-order valence-electron chi connectivity index (χ1n) is 9.32. The van der Waals surface area contributed by atoms with Crippen molar-refractivity contribution in [3.63, 3.8) is 0 Å².